The van der Waals surface area contributed by atoms with Gasteiger partial charge in [0.2, 0.25) is 0 Å². The Balaban J connectivity index is 1.92. The summed E-state index contributed by atoms with van der Waals surface area (Å²) in [5.74, 6) is 0.848. The topological polar surface area (TPSA) is 35.5 Å². The summed E-state index contributed by atoms with van der Waals surface area (Å²) in [7, 11) is 1.58. The van der Waals surface area contributed by atoms with Gasteiger partial charge in [0.05, 0.1) is 12.7 Å². The largest absolute Gasteiger partial charge is 0.497 e. The van der Waals surface area contributed by atoms with Crippen molar-refractivity contribution >= 4 is 32.7 Å². The van der Waals surface area contributed by atoms with Crippen molar-refractivity contribution in [2.75, 3.05) is 7.11 Å². The van der Waals surface area contributed by atoms with E-state index < -0.39 is 5.97 Å². The number of methoxy groups -OCH3 is 1. The lowest BCUT2D eigenvalue weighted by atomic mass is 10.1. The summed E-state index contributed by atoms with van der Waals surface area (Å²) in [4.78, 5) is 12.3. The minimum atomic E-state index is -0.393. The van der Waals surface area contributed by atoms with Gasteiger partial charge in [0.25, 0.3) is 0 Å². The molecule has 0 unspecified atom stereocenters. The van der Waals surface area contributed by atoms with Crippen LogP contribution in [0.5, 0.6) is 11.5 Å². The molecule has 3 nitrogen and oxygen atoms in total. The van der Waals surface area contributed by atoms with Gasteiger partial charge in [-0.3, -0.25) is 0 Å². The first kappa shape index (κ1) is 14.6. The van der Waals surface area contributed by atoms with E-state index in [1.54, 1.807) is 37.4 Å². The Morgan fingerprint density at radius 3 is 2.27 bits per heavy atom. The van der Waals surface area contributed by atoms with Crippen molar-refractivity contribution in [2.45, 2.75) is 0 Å². The van der Waals surface area contributed by atoms with Crippen LogP contribution < -0.4 is 9.47 Å². The van der Waals surface area contributed by atoms with E-state index >= 15 is 0 Å². The van der Waals surface area contributed by atoms with Crippen LogP contribution >= 0.6 is 15.9 Å². The number of hydrogen-bond acceptors (Lipinski definition) is 3. The van der Waals surface area contributed by atoms with Crippen molar-refractivity contribution in [1.82, 2.24) is 0 Å². The van der Waals surface area contributed by atoms with Crippen LogP contribution in [0.15, 0.2) is 65.1 Å². The molecule has 0 atom stereocenters. The van der Waals surface area contributed by atoms with Gasteiger partial charge in [0.15, 0.2) is 0 Å². The molecule has 3 aromatic carbocycles. The van der Waals surface area contributed by atoms with E-state index in [1.165, 1.54) is 0 Å². The van der Waals surface area contributed by atoms with Crippen LogP contribution in [-0.4, -0.2) is 13.1 Å². The highest BCUT2D eigenvalue weighted by molar-refractivity contribution is 9.10. The third-order valence-electron chi connectivity index (χ3n) is 3.36. The van der Waals surface area contributed by atoms with Crippen LogP contribution in [0.1, 0.15) is 10.4 Å². The van der Waals surface area contributed by atoms with Crippen LogP contribution in [0.4, 0.5) is 0 Å². The first-order valence-electron chi connectivity index (χ1n) is 6.72. The summed E-state index contributed by atoms with van der Waals surface area (Å²) in [6, 6.07) is 18.3. The molecule has 0 spiro atoms. The molecule has 3 aromatic rings. The van der Waals surface area contributed by atoms with E-state index in [9.17, 15) is 4.79 Å². The molecule has 110 valence electrons. The van der Waals surface area contributed by atoms with Crippen molar-refractivity contribution in [2.24, 2.45) is 0 Å². The minimum Gasteiger partial charge on any atom is -0.497 e. The summed E-state index contributed by atoms with van der Waals surface area (Å²) in [6.45, 7) is 0. The number of benzene rings is 3. The second-order valence-electron chi connectivity index (χ2n) is 4.71. The van der Waals surface area contributed by atoms with Gasteiger partial charge < -0.3 is 9.47 Å². The summed E-state index contributed by atoms with van der Waals surface area (Å²) >= 11 is 3.50. The molecule has 0 aliphatic rings. The predicted molar refractivity (Wildman–Crippen MR) is 89.6 cm³/mol. The second-order valence-corrected chi connectivity index (χ2v) is 5.56. The van der Waals surface area contributed by atoms with E-state index in [2.05, 4.69) is 15.9 Å². The third-order valence-corrected chi connectivity index (χ3v) is 4.05. The van der Waals surface area contributed by atoms with E-state index in [1.807, 2.05) is 30.3 Å². The molecule has 0 N–H and O–H groups in total. The van der Waals surface area contributed by atoms with Gasteiger partial charge in [-0.15, -0.1) is 0 Å². The molecule has 0 aromatic heterocycles. The number of esters is 1. The summed E-state index contributed by atoms with van der Waals surface area (Å²) in [5.41, 5.74) is 0.479. The number of carbonyl (C=O) groups is 1. The Labute approximate surface area is 136 Å². The number of fused-ring (bicyclic) bond motifs is 1. The van der Waals surface area contributed by atoms with Crippen LogP contribution in [0.3, 0.4) is 0 Å². The van der Waals surface area contributed by atoms with E-state index in [0.717, 1.165) is 15.2 Å². The Morgan fingerprint density at radius 2 is 1.59 bits per heavy atom. The first-order valence-corrected chi connectivity index (χ1v) is 7.52. The zero-order valence-corrected chi connectivity index (χ0v) is 13.5. The van der Waals surface area contributed by atoms with Crippen molar-refractivity contribution in [3.8, 4) is 11.5 Å². The molecule has 22 heavy (non-hydrogen) atoms. The quantitative estimate of drug-likeness (QED) is 0.498. The number of halogens is 1. The van der Waals surface area contributed by atoms with E-state index in [-0.39, 0.29) is 0 Å². The normalized spacial score (nSPS) is 10.5. The van der Waals surface area contributed by atoms with Crippen molar-refractivity contribution < 1.29 is 14.3 Å². The number of rotatable bonds is 3. The Kier molecular flexibility index (Phi) is 4.11. The first-order chi connectivity index (χ1) is 10.7. The molecule has 4 heteroatoms. The Hall–Kier alpha value is -2.33. The smallest absolute Gasteiger partial charge is 0.343 e. The van der Waals surface area contributed by atoms with Gasteiger partial charge in [-0.2, -0.15) is 0 Å². The lowest BCUT2D eigenvalue weighted by Crippen LogP contribution is -2.08. The van der Waals surface area contributed by atoms with E-state index in [0.29, 0.717) is 17.1 Å². The fourth-order valence-electron chi connectivity index (χ4n) is 2.21. The molecule has 0 aliphatic carbocycles. The van der Waals surface area contributed by atoms with Gasteiger partial charge >= 0.3 is 5.97 Å². The maximum Gasteiger partial charge on any atom is 0.343 e. The molecule has 0 bridgehead atoms. The Morgan fingerprint density at radius 1 is 0.909 bits per heavy atom. The van der Waals surface area contributed by atoms with Gasteiger partial charge in [-0.25, -0.2) is 4.79 Å². The highest BCUT2D eigenvalue weighted by atomic mass is 79.9. The lowest BCUT2D eigenvalue weighted by molar-refractivity contribution is 0.0737. The second kappa shape index (κ2) is 6.20. The van der Waals surface area contributed by atoms with Crippen LogP contribution in [0.2, 0.25) is 0 Å². The molecule has 0 fully saturated rings. The highest BCUT2D eigenvalue weighted by Crippen LogP contribution is 2.32. The molecule has 0 aliphatic heterocycles. The predicted octanol–water partition coefficient (Wildman–Crippen LogP) is 4.83. The van der Waals surface area contributed by atoms with Crippen molar-refractivity contribution in [1.29, 1.82) is 0 Å². The van der Waals surface area contributed by atoms with Crippen molar-refractivity contribution in [3.63, 3.8) is 0 Å². The fourth-order valence-corrected chi connectivity index (χ4v) is 2.69. The molecule has 0 amide bonds. The maximum absolute atomic E-state index is 12.3. The van der Waals surface area contributed by atoms with Crippen molar-refractivity contribution in [3.05, 3.63) is 70.7 Å². The maximum atomic E-state index is 12.3. The molecule has 3 rings (SSSR count). The lowest BCUT2D eigenvalue weighted by Gasteiger charge is -2.09. The van der Waals surface area contributed by atoms with E-state index in [4.69, 9.17) is 9.47 Å². The Bertz CT molecular complexity index is 825. The monoisotopic (exact) mass is 356 g/mol. The number of hydrogen-bond donors (Lipinski definition) is 0. The summed E-state index contributed by atoms with van der Waals surface area (Å²) in [5, 5.41) is 1.89. The minimum absolute atomic E-state index is 0.393. The van der Waals surface area contributed by atoms with Crippen LogP contribution in [0, 0.1) is 0 Å². The number of ether oxygens (including phenoxy) is 2. The van der Waals surface area contributed by atoms with Crippen LogP contribution in [0.25, 0.3) is 10.8 Å². The highest BCUT2D eigenvalue weighted by Gasteiger charge is 2.12. The zero-order valence-electron chi connectivity index (χ0n) is 11.9. The average molecular weight is 357 g/mol. The standard InChI is InChI=1S/C18H13BrO3/c1-21-13-8-6-12(7-9-13)18(20)22-17-11-10-16(19)14-4-2-3-5-15(14)17/h2-11H,1H3. The zero-order chi connectivity index (χ0) is 15.5. The third kappa shape index (κ3) is 2.83. The van der Waals surface area contributed by atoms with Gasteiger partial charge in [0, 0.05) is 9.86 Å². The molecule has 0 saturated heterocycles. The summed E-state index contributed by atoms with van der Waals surface area (Å²) in [6.07, 6.45) is 0. The molecule has 0 heterocycles. The molecular formula is C18H13BrO3. The molecular weight excluding hydrogens is 344 g/mol. The van der Waals surface area contributed by atoms with Gasteiger partial charge in [-0.05, 0) is 41.8 Å². The van der Waals surface area contributed by atoms with Gasteiger partial charge in [0.1, 0.15) is 11.5 Å². The molecule has 0 saturated carbocycles. The SMILES string of the molecule is COc1ccc(C(=O)Oc2ccc(Br)c3ccccc23)cc1. The molecule has 0 radical (unpaired) electrons. The fraction of sp³-hybridized carbons (Fsp3) is 0.0556. The van der Waals surface area contributed by atoms with Gasteiger partial charge in [-0.1, -0.05) is 40.2 Å². The average Bonchev–Trinajstić information content (AvgIpc) is 2.57. The number of carbonyl (C=O) groups excluding carboxylic acids is 1. The summed E-state index contributed by atoms with van der Waals surface area (Å²) < 4.78 is 11.6. The van der Waals surface area contributed by atoms with Crippen LogP contribution in [-0.2, 0) is 0 Å².